The van der Waals surface area contributed by atoms with E-state index in [0.717, 1.165) is 0 Å². The van der Waals surface area contributed by atoms with Crippen LogP contribution >= 0.6 is 17.2 Å². The van der Waals surface area contributed by atoms with Gasteiger partial charge in [-0.2, -0.15) is 0 Å². The topological polar surface area (TPSA) is 0 Å². The van der Waals surface area contributed by atoms with Gasteiger partial charge in [0.05, 0.1) is 0 Å². The molecule has 0 nitrogen and oxygen atoms in total. The number of fused-ring (bicyclic) bond motifs is 1. The molecule has 0 heterocycles. The molecule has 79 valence electrons. The summed E-state index contributed by atoms with van der Waals surface area (Å²) in [7, 11) is 9.92. The van der Waals surface area contributed by atoms with Crippen LogP contribution in [0.2, 0.25) is 0 Å². The Morgan fingerprint density at radius 1 is 1.13 bits per heavy atom. The van der Waals surface area contributed by atoms with E-state index in [1.54, 1.807) is 0 Å². The van der Waals surface area contributed by atoms with Crippen molar-refractivity contribution in [3.8, 4) is 0 Å². The van der Waals surface area contributed by atoms with E-state index in [1.165, 1.54) is 16.7 Å². The molecule has 0 aromatic heterocycles. The quantitative estimate of drug-likeness (QED) is 0.595. The van der Waals surface area contributed by atoms with Gasteiger partial charge in [0.2, 0.25) is 0 Å². The molecule has 0 fully saturated rings. The summed E-state index contributed by atoms with van der Waals surface area (Å²) in [5.41, 5.74) is 4.24. The van der Waals surface area contributed by atoms with Crippen molar-refractivity contribution >= 4 is 22.7 Å². The fourth-order valence-electron chi connectivity index (χ4n) is 1.68. The zero-order valence-electron chi connectivity index (χ0n) is 8.80. The van der Waals surface area contributed by atoms with Gasteiger partial charge in [-0.3, -0.25) is 0 Å². The van der Waals surface area contributed by atoms with Crippen LogP contribution in [-0.2, 0) is 20.5 Å². The van der Waals surface area contributed by atoms with Crippen LogP contribution in [0.25, 0.3) is 5.57 Å². The Balaban J connectivity index is 0.000000337. The van der Waals surface area contributed by atoms with Gasteiger partial charge < -0.3 is 0 Å². The number of hydrogen-bond acceptors (Lipinski definition) is 0. The van der Waals surface area contributed by atoms with Crippen molar-refractivity contribution in [1.82, 2.24) is 0 Å². The molecule has 1 radical (unpaired) electrons. The minimum absolute atomic E-state index is 0.630. The average Bonchev–Trinajstić information content (AvgIpc) is 2.62. The van der Waals surface area contributed by atoms with Gasteiger partial charge in [0.15, 0.2) is 0 Å². The van der Waals surface area contributed by atoms with Gasteiger partial charge in [-0.15, -0.1) is 0 Å². The van der Waals surface area contributed by atoms with E-state index >= 15 is 0 Å². The SMILES string of the molecule is CC(C)C1=C[CH]c2ccccc21.[Cl][Hf][Cl]. The van der Waals surface area contributed by atoms with Crippen molar-refractivity contribution in [1.29, 1.82) is 0 Å². The summed E-state index contributed by atoms with van der Waals surface area (Å²) in [5.74, 6) is 0.630. The zero-order chi connectivity index (χ0) is 11.3. The molecule has 2 rings (SSSR count). The number of benzene rings is 1. The van der Waals surface area contributed by atoms with Crippen LogP contribution in [-0.4, -0.2) is 0 Å². The summed E-state index contributed by atoms with van der Waals surface area (Å²) in [6, 6.07) is 8.56. The van der Waals surface area contributed by atoms with Crippen LogP contribution in [0, 0.1) is 12.3 Å². The third-order valence-corrected chi connectivity index (χ3v) is 2.34. The van der Waals surface area contributed by atoms with E-state index < -0.39 is 20.5 Å². The molecule has 0 saturated heterocycles. The number of rotatable bonds is 1. The van der Waals surface area contributed by atoms with Crippen molar-refractivity contribution in [2.75, 3.05) is 0 Å². The van der Waals surface area contributed by atoms with Crippen LogP contribution in [0.15, 0.2) is 30.3 Å². The molecule has 1 aliphatic carbocycles. The fourth-order valence-corrected chi connectivity index (χ4v) is 1.68. The van der Waals surface area contributed by atoms with Gasteiger partial charge in [-0.1, -0.05) is 44.2 Å². The Bertz CT molecular complexity index is 345. The average molecular weight is 407 g/mol. The molecular weight excluding hydrogens is 394 g/mol. The third-order valence-electron chi connectivity index (χ3n) is 2.34. The minimum atomic E-state index is -0.972. The maximum atomic E-state index is 4.96. The van der Waals surface area contributed by atoms with Gasteiger partial charge >= 0.3 is 37.7 Å². The zero-order valence-corrected chi connectivity index (χ0v) is 13.9. The van der Waals surface area contributed by atoms with Crippen LogP contribution in [0.3, 0.4) is 0 Å². The number of hydrogen-bond donors (Lipinski definition) is 0. The molecule has 0 atom stereocenters. The van der Waals surface area contributed by atoms with Crippen molar-refractivity contribution in [2.45, 2.75) is 13.8 Å². The number of allylic oxidation sites excluding steroid dienone is 2. The molecule has 0 N–H and O–H groups in total. The number of halogens is 2. The first-order valence-corrected chi connectivity index (χ1v) is 13.7. The molecule has 1 aromatic carbocycles. The van der Waals surface area contributed by atoms with Gasteiger partial charge in [0, 0.05) is 6.42 Å². The molecule has 0 bridgehead atoms. The molecular formula is C12H13Cl2Hf. The molecule has 0 unspecified atom stereocenters. The molecule has 3 heteroatoms. The summed E-state index contributed by atoms with van der Waals surface area (Å²) in [6.07, 6.45) is 4.43. The second-order valence-electron chi connectivity index (χ2n) is 3.60. The van der Waals surface area contributed by atoms with Crippen LogP contribution in [0.1, 0.15) is 25.0 Å². The Kier molecular flexibility index (Phi) is 6.18. The van der Waals surface area contributed by atoms with Crippen molar-refractivity contribution in [3.63, 3.8) is 0 Å². The molecule has 0 saturated carbocycles. The van der Waals surface area contributed by atoms with Gasteiger partial charge in [0.25, 0.3) is 0 Å². The van der Waals surface area contributed by atoms with Gasteiger partial charge in [0.1, 0.15) is 0 Å². The summed E-state index contributed by atoms with van der Waals surface area (Å²) < 4.78 is 0. The standard InChI is InChI=1S/C12H13.2ClH.Hf/c1-9(2)11-8-7-10-5-3-4-6-12(10)11;;;/h3-9H,1-2H3;2*1H;/q;;;+2/p-2. The van der Waals surface area contributed by atoms with E-state index in [2.05, 4.69) is 50.6 Å². The van der Waals surface area contributed by atoms with Gasteiger partial charge in [-0.25, -0.2) is 0 Å². The van der Waals surface area contributed by atoms with E-state index in [4.69, 9.17) is 17.2 Å². The van der Waals surface area contributed by atoms with E-state index in [1.807, 2.05) is 0 Å². The van der Waals surface area contributed by atoms with E-state index in [-0.39, 0.29) is 0 Å². The summed E-state index contributed by atoms with van der Waals surface area (Å²) in [4.78, 5) is 0. The van der Waals surface area contributed by atoms with E-state index in [9.17, 15) is 0 Å². The van der Waals surface area contributed by atoms with Crippen molar-refractivity contribution in [3.05, 3.63) is 47.9 Å². The molecule has 1 aliphatic rings. The van der Waals surface area contributed by atoms with Gasteiger partial charge in [-0.05, 0) is 22.6 Å². The predicted molar refractivity (Wildman–Crippen MR) is 64.4 cm³/mol. The van der Waals surface area contributed by atoms with Crippen molar-refractivity contribution in [2.24, 2.45) is 5.92 Å². The molecule has 15 heavy (non-hydrogen) atoms. The van der Waals surface area contributed by atoms with Crippen LogP contribution < -0.4 is 0 Å². The fraction of sp³-hybridized carbons (Fsp3) is 0.250. The first-order valence-electron chi connectivity index (χ1n) is 4.81. The molecule has 0 aliphatic heterocycles. The molecule has 1 aromatic rings. The third kappa shape index (κ3) is 3.72. The van der Waals surface area contributed by atoms with E-state index in [0.29, 0.717) is 5.92 Å². The molecule has 0 amide bonds. The normalized spacial score (nSPS) is 12.7. The predicted octanol–water partition coefficient (Wildman–Crippen LogP) is 4.67. The first kappa shape index (κ1) is 13.5. The second kappa shape index (κ2) is 6.88. The Morgan fingerprint density at radius 2 is 1.73 bits per heavy atom. The molecule has 0 spiro atoms. The van der Waals surface area contributed by atoms with Crippen molar-refractivity contribution < 1.29 is 20.5 Å². The Hall–Kier alpha value is 0.410. The van der Waals surface area contributed by atoms with Crippen LogP contribution in [0.4, 0.5) is 0 Å². The Morgan fingerprint density at radius 3 is 2.33 bits per heavy atom. The summed E-state index contributed by atoms with van der Waals surface area (Å²) in [6.45, 7) is 4.48. The summed E-state index contributed by atoms with van der Waals surface area (Å²) >= 11 is -0.972. The monoisotopic (exact) mass is 407 g/mol. The first-order chi connectivity index (χ1) is 7.20. The second-order valence-corrected chi connectivity index (χ2v) is 8.79. The maximum absolute atomic E-state index is 4.96. The summed E-state index contributed by atoms with van der Waals surface area (Å²) in [5, 5.41) is 0. The van der Waals surface area contributed by atoms with Crippen LogP contribution in [0.5, 0.6) is 0 Å². The Labute approximate surface area is 110 Å².